The zero-order valence-corrected chi connectivity index (χ0v) is 18.1. The minimum absolute atomic E-state index is 0.0150. The SMILES string of the molecule is O=C(c1cc2ccccc2cc1O)N1CCN(S(=O)(=O)c2cccc(Cl)c2Cl)CC1. The highest BCUT2D eigenvalue weighted by atomic mass is 35.5. The van der Waals surface area contributed by atoms with Crippen LogP contribution in [0.4, 0.5) is 0 Å². The molecule has 9 heteroatoms. The van der Waals surface area contributed by atoms with E-state index >= 15 is 0 Å². The Labute approximate surface area is 184 Å². The zero-order valence-electron chi connectivity index (χ0n) is 15.8. The Bertz CT molecular complexity index is 1240. The summed E-state index contributed by atoms with van der Waals surface area (Å²) in [5.41, 5.74) is 0.197. The fourth-order valence-electron chi connectivity index (χ4n) is 3.52. The number of nitrogens with zero attached hydrogens (tertiary/aromatic N) is 2. The molecule has 0 unspecified atom stereocenters. The number of carbonyl (C=O) groups excluding carboxylic acids is 1. The lowest BCUT2D eigenvalue weighted by Gasteiger charge is -2.34. The molecule has 1 fully saturated rings. The second-order valence-corrected chi connectivity index (χ2v) is 9.66. The lowest BCUT2D eigenvalue weighted by Crippen LogP contribution is -2.50. The first-order valence-electron chi connectivity index (χ1n) is 9.24. The van der Waals surface area contributed by atoms with Crippen molar-refractivity contribution in [1.29, 1.82) is 0 Å². The number of benzene rings is 3. The van der Waals surface area contributed by atoms with Crippen molar-refractivity contribution >= 4 is 49.9 Å². The monoisotopic (exact) mass is 464 g/mol. The summed E-state index contributed by atoms with van der Waals surface area (Å²) in [6, 6.07) is 15.1. The molecular weight excluding hydrogens is 447 g/mol. The number of phenolic OH excluding ortho intramolecular Hbond substituents is 1. The van der Waals surface area contributed by atoms with Crippen molar-refractivity contribution in [2.75, 3.05) is 26.2 Å². The van der Waals surface area contributed by atoms with Gasteiger partial charge >= 0.3 is 0 Å². The molecular formula is C21H18Cl2N2O4S. The van der Waals surface area contributed by atoms with E-state index in [9.17, 15) is 18.3 Å². The Morgan fingerprint density at radius 3 is 2.20 bits per heavy atom. The fraction of sp³-hybridized carbons (Fsp3) is 0.190. The quantitative estimate of drug-likeness (QED) is 0.635. The van der Waals surface area contributed by atoms with Gasteiger partial charge in [-0.3, -0.25) is 4.79 Å². The van der Waals surface area contributed by atoms with Crippen molar-refractivity contribution in [2.45, 2.75) is 4.90 Å². The van der Waals surface area contributed by atoms with Crippen molar-refractivity contribution < 1.29 is 18.3 Å². The first-order chi connectivity index (χ1) is 14.3. The third-order valence-corrected chi connectivity index (χ3v) is 8.03. The molecule has 0 spiro atoms. The average molecular weight is 465 g/mol. The van der Waals surface area contributed by atoms with Gasteiger partial charge in [-0.2, -0.15) is 4.31 Å². The number of phenols is 1. The second kappa shape index (κ2) is 8.07. The van der Waals surface area contributed by atoms with Crippen LogP contribution in [0, 0.1) is 0 Å². The molecule has 0 bridgehead atoms. The fourth-order valence-corrected chi connectivity index (χ4v) is 5.68. The molecule has 1 saturated heterocycles. The number of halogens is 2. The van der Waals surface area contributed by atoms with Gasteiger partial charge in [-0.1, -0.05) is 53.5 Å². The van der Waals surface area contributed by atoms with E-state index in [2.05, 4.69) is 0 Å². The number of hydrogen-bond acceptors (Lipinski definition) is 4. The summed E-state index contributed by atoms with van der Waals surface area (Å²) in [6.07, 6.45) is 0. The summed E-state index contributed by atoms with van der Waals surface area (Å²) in [5, 5.41) is 12.1. The van der Waals surface area contributed by atoms with E-state index in [4.69, 9.17) is 23.2 Å². The van der Waals surface area contributed by atoms with Crippen LogP contribution in [0.5, 0.6) is 5.75 Å². The summed E-state index contributed by atoms with van der Waals surface area (Å²) < 4.78 is 27.2. The minimum atomic E-state index is -3.84. The minimum Gasteiger partial charge on any atom is -0.507 e. The normalized spacial score (nSPS) is 15.5. The summed E-state index contributed by atoms with van der Waals surface area (Å²) in [4.78, 5) is 14.4. The van der Waals surface area contributed by atoms with Gasteiger partial charge in [0, 0.05) is 26.2 Å². The zero-order chi connectivity index (χ0) is 21.5. The number of carbonyl (C=O) groups is 1. The molecule has 1 heterocycles. The van der Waals surface area contributed by atoms with Crippen LogP contribution in [0.15, 0.2) is 59.5 Å². The van der Waals surface area contributed by atoms with Crippen LogP contribution in [0.3, 0.4) is 0 Å². The molecule has 1 aliphatic rings. The van der Waals surface area contributed by atoms with Crippen molar-refractivity contribution in [2.24, 2.45) is 0 Å². The van der Waals surface area contributed by atoms with Crippen LogP contribution in [0.25, 0.3) is 10.8 Å². The lowest BCUT2D eigenvalue weighted by atomic mass is 10.0. The molecule has 4 rings (SSSR count). The number of fused-ring (bicyclic) bond motifs is 1. The lowest BCUT2D eigenvalue weighted by molar-refractivity contribution is 0.0695. The largest absolute Gasteiger partial charge is 0.507 e. The van der Waals surface area contributed by atoms with Gasteiger partial charge in [-0.15, -0.1) is 0 Å². The molecule has 0 radical (unpaired) electrons. The van der Waals surface area contributed by atoms with Crippen LogP contribution in [-0.4, -0.2) is 54.8 Å². The Morgan fingerprint density at radius 2 is 1.53 bits per heavy atom. The average Bonchev–Trinajstić information content (AvgIpc) is 2.74. The number of sulfonamides is 1. The van der Waals surface area contributed by atoms with Gasteiger partial charge in [0.15, 0.2) is 0 Å². The highest BCUT2D eigenvalue weighted by Gasteiger charge is 2.32. The molecule has 0 saturated carbocycles. The van der Waals surface area contributed by atoms with E-state index in [1.807, 2.05) is 24.3 Å². The predicted molar refractivity (Wildman–Crippen MR) is 117 cm³/mol. The number of hydrogen-bond donors (Lipinski definition) is 1. The topological polar surface area (TPSA) is 77.9 Å². The van der Waals surface area contributed by atoms with Crippen LogP contribution < -0.4 is 0 Å². The van der Waals surface area contributed by atoms with Gasteiger partial charge in [0.1, 0.15) is 10.6 Å². The summed E-state index contributed by atoms with van der Waals surface area (Å²) in [7, 11) is -3.84. The maximum atomic E-state index is 12.9. The molecule has 0 aromatic heterocycles. The highest BCUT2D eigenvalue weighted by molar-refractivity contribution is 7.89. The molecule has 3 aromatic carbocycles. The molecule has 1 aliphatic heterocycles. The van der Waals surface area contributed by atoms with Crippen LogP contribution in [-0.2, 0) is 10.0 Å². The number of piperazine rings is 1. The molecule has 3 aromatic rings. The van der Waals surface area contributed by atoms with Gasteiger partial charge in [-0.25, -0.2) is 8.42 Å². The van der Waals surface area contributed by atoms with Gasteiger partial charge in [0.05, 0.1) is 15.6 Å². The molecule has 0 aliphatic carbocycles. The molecule has 0 atom stereocenters. The van der Waals surface area contributed by atoms with Crippen molar-refractivity contribution in [3.8, 4) is 5.75 Å². The summed E-state index contributed by atoms with van der Waals surface area (Å²) in [5.74, 6) is -0.435. The molecule has 6 nitrogen and oxygen atoms in total. The van der Waals surface area contributed by atoms with E-state index in [0.29, 0.717) is 0 Å². The molecule has 1 N–H and O–H groups in total. The Balaban J connectivity index is 1.53. The maximum Gasteiger partial charge on any atom is 0.257 e. The van der Waals surface area contributed by atoms with Gasteiger partial charge in [0.2, 0.25) is 10.0 Å². The smallest absolute Gasteiger partial charge is 0.257 e. The standard InChI is InChI=1S/C21H18Cl2N2O4S/c22-17-6-3-7-19(20(17)23)30(28,29)25-10-8-24(9-11-25)21(27)16-12-14-4-1-2-5-15(14)13-18(16)26/h1-7,12-13,26H,8-11H2. The third kappa shape index (κ3) is 3.74. The van der Waals surface area contributed by atoms with Crippen molar-refractivity contribution in [3.05, 3.63) is 70.2 Å². The van der Waals surface area contributed by atoms with Gasteiger partial charge < -0.3 is 10.0 Å². The van der Waals surface area contributed by atoms with Crippen LogP contribution in [0.1, 0.15) is 10.4 Å². The van der Waals surface area contributed by atoms with Crippen molar-refractivity contribution in [1.82, 2.24) is 9.21 Å². The Kier molecular flexibility index (Phi) is 5.63. The predicted octanol–water partition coefficient (Wildman–Crippen LogP) is 4.00. The molecule has 156 valence electrons. The third-order valence-electron chi connectivity index (χ3n) is 5.15. The molecule has 1 amide bonds. The van der Waals surface area contributed by atoms with Gasteiger partial charge in [-0.05, 0) is 35.0 Å². The molecule has 30 heavy (non-hydrogen) atoms. The van der Waals surface area contributed by atoms with Crippen LogP contribution in [0.2, 0.25) is 10.0 Å². The summed E-state index contributed by atoms with van der Waals surface area (Å²) in [6.45, 7) is 0.627. The van der Waals surface area contributed by atoms with E-state index in [1.54, 1.807) is 12.1 Å². The van der Waals surface area contributed by atoms with Crippen molar-refractivity contribution in [3.63, 3.8) is 0 Å². The first-order valence-corrected chi connectivity index (χ1v) is 11.4. The Morgan fingerprint density at radius 1 is 0.900 bits per heavy atom. The number of aromatic hydroxyl groups is 1. The number of amides is 1. The van der Waals surface area contributed by atoms with Crippen LogP contribution >= 0.6 is 23.2 Å². The second-order valence-electron chi connectivity index (χ2n) is 6.96. The highest BCUT2D eigenvalue weighted by Crippen LogP contribution is 2.32. The first kappa shape index (κ1) is 20.9. The van der Waals surface area contributed by atoms with E-state index in [0.717, 1.165) is 10.8 Å². The Hall–Kier alpha value is -2.32. The van der Waals surface area contributed by atoms with E-state index in [1.165, 1.54) is 27.4 Å². The van der Waals surface area contributed by atoms with Gasteiger partial charge in [0.25, 0.3) is 5.91 Å². The summed E-state index contributed by atoms with van der Waals surface area (Å²) >= 11 is 12.0. The van der Waals surface area contributed by atoms with E-state index in [-0.39, 0.29) is 58.3 Å². The maximum absolute atomic E-state index is 12.9. The number of rotatable bonds is 3. The van der Waals surface area contributed by atoms with E-state index < -0.39 is 10.0 Å².